The summed E-state index contributed by atoms with van der Waals surface area (Å²) in [5.74, 6) is 0. The van der Waals surface area contributed by atoms with Crippen LogP contribution in [-0.4, -0.2) is 4.40 Å². The molecule has 5 aromatic carbocycles. The summed E-state index contributed by atoms with van der Waals surface area (Å²) >= 11 is 3.83. The van der Waals surface area contributed by atoms with Crippen molar-refractivity contribution < 1.29 is 4.42 Å². The molecule has 33 heavy (non-hydrogen) atoms. The molecule has 0 aliphatic heterocycles. The van der Waals surface area contributed by atoms with Gasteiger partial charge in [0.15, 0.2) is 5.58 Å². The van der Waals surface area contributed by atoms with Crippen LogP contribution in [0.4, 0.5) is 0 Å². The van der Waals surface area contributed by atoms with Crippen molar-refractivity contribution in [1.29, 1.82) is 0 Å². The Hall–Kier alpha value is -3.82. The highest BCUT2D eigenvalue weighted by molar-refractivity contribution is 9.10. The van der Waals surface area contributed by atoms with Gasteiger partial charge in [-0.15, -0.1) is 0 Å². The number of fused-ring (bicyclic) bond motifs is 10. The molecule has 0 fully saturated rings. The minimum atomic E-state index is 0.923. The molecular weight excluding hydrogens is 470 g/mol. The number of benzene rings is 5. The van der Waals surface area contributed by atoms with Crippen LogP contribution in [0.2, 0.25) is 0 Å². The van der Waals surface area contributed by atoms with E-state index in [4.69, 9.17) is 4.42 Å². The first-order valence-electron chi connectivity index (χ1n) is 11.1. The van der Waals surface area contributed by atoms with E-state index in [2.05, 4.69) is 117 Å². The lowest BCUT2D eigenvalue weighted by Crippen LogP contribution is -1.90. The van der Waals surface area contributed by atoms with E-state index in [9.17, 15) is 0 Å². The van der Waals surface area contributed by atoms with Crippen LogP contribution in [0, 0.1) is 0 Å². The summed E-state index contributed by atoms with van der Waals surface area (Å²) in [7, 11) is 0. The fourth-order valence-corrected chi connectivity index (χ4v) is 6.26. The van der Waals surface area contributed by atoms with Crippen molar-refractivity contribution in [3.05, 3.63) is 102 Å². The molecule has 0 aliphatic rings. The van der Waals surface area contributed by atoms with Crippen LogP contribution in [0.5, 0.6) is 0 Å². The van der Waals surface area contributed by atoms with Crippen molar-refractivity contribution in [2.24, 2.45) is 0 Å². The average molecular weight is 486 g/mol. The second kappa shape index (κ2) is 6.15. The molecule has 0 bridgehead atoms. The molecule has 0 N–H and O–H groups in total. The molecule has 0 radical (unpaired) electrons. The van der Waals surface area contributed by atoms with Gasteiger partial charge >= 0.3 is 0 Å². The first kappa shape index (κ1) is 17.7. The molecule has 3 heterocycles. The normalized spacial score (nSPS) is 12.4. The summed E-state index contributed by atoms with van der Waals surface area (Å²) in [6, 6.07) is 34.7. The molecule has 0 saturated heterocycles. The second-order valence-electron chi connectivity index (χ2n) is 8.66. The van der Waals surface area contributed by atoms with Gasteiger partial charge in [-0.3, -0.25) is 0 Å². The van der Waals surface area contributed by atoms with Gasteiger partial charge in [0, 0.05) is 20.6 Å². The minimum absolute atomic E-state index is 0.923. The zero-order valence-electron chi connectivity index (χ0n) is 17.5. The van der Waals surface area contributed by atoms with Gasteiger partial charge in [0.1, 0.15) is 11.1 Å². The molecule has 3 heteroatoms. The maximum absolute atomic E-state index is 6.61. The number of hydrogen-bond acceptors (Lipinski definition) is 1. The summed E-state index contributed by atoms with van der Waals surface area (Å²) in [5, 5.41) is 9.62. The van der Waals surface area contributed by atoms with Crippen molar-refractivity contribution in [3.63, 3.8) is 0 Å². The van der Waals surface area contributed by atoms with E-state index in [0.29, 0.717) is 0 Å². The van der Waals surface area contributed by atoms with Gasteiger partial charge in [0.05, 0.1) is 16.4 Å². The first-order chi connectivity index (χ1) is 16.3. The zero-order valence-corrected chi connectivity index (χ0v) is 19.1. The third-order valence-corrected chi connectivity index (χ3v) is 7.66. The monoisotopic (exact) mass is 485 g/mol. The molecule has 8 aromatic rings. The number of rotatable bonds is 0. The number of para-hydroxylation sites is 1. The number of aromatic nitrogens is 1. The highest BCUT2D eigenvalue weighted by Crippen LogP contribution is 2.45. The molecule has 0 amide bonds. The Morgan fingerprint density at radius 3 is 2.00 bits per heavy atom. The van der Waals surface area contributed by atoms with E-state index >= 15 is 0 Å². The summed E-state index contributed by atoms with van der Waals surface area (Å²) < 4.78 is 10.1. The lowest BCUT2D eigenvalue weighted by atomic mass is 10.0. The average Bonchev–Trinajstić information content (AvgIpc) is 3.38. The molecule has 3 aromatic heterocycles. The molecule has 0 spiro atoms. The second-order valence-corrected chi connectivity index (χ2v) is 9.51. The van der Waals surface area contributed by atoms with Crippen LogP contribution < -0.4 is 0 Å². The lowest BCUT2D eigenvalue weighted by molar-refractivity contribution is 0.673. The van der Waals surface area contributed by atoms with Gasteiger partial charge in [-0.25, -0.2) is 0 Å². The highest BCUT2D eigenvalue weighted by Gasteiger charge is 2.22. The van der Waals surface area contributed by atoms with E-state index in [1.807, 2.05) is 0 Å². The Bertz CT molecular complexity index is 2090. The minimum Gasteiger partial charge on any atom is -0.454 e. The summed E-state index contributed by atoms with van der Waals surface area (Å²) in [4.78, 5) is 0. The largest absolute Gasteiger partial charge is 0.454 e. The summed E-state index contributed by atoms with van der Waals surface area (Å²) in [6.07, 6.45) is 0. The van der Waals surface area contributed by atoms with Crippen LogP contribution in [0.25, 0.3) is 70.8 Å². The molecule has 0 atom stereocenters. The van der Waals surface area contributed by atoms with Crippen LogP contribution in [0.1, 0.15) is 0 Å². The van der Waals surface area contributed by atoms with Gasteiger partial charge in [-0.2, -0.15) is 0 Å². The predicted molar refractivity (Wildman–Crippen MR) is 142 cm³/mol. The Morgan fingerprint density at radius 1 is 0.545 bits per heavy atom. The van der Waals surface area contributed by atoms with Gasteiger partial charge in [0.2, 0.25) is 0 Å². The maximum Gasteiger partial charge on any atom is 0.161 e. The molecule has 2 nitrogen and oxygen atoms in total. The van der Waals surface area contributed by atoms with Crippen LogP contribution >= 0.6 is 15.9 Å². The lowest BCUT2D eigenvalue weighted by Gasteiger charge is -2.10. The van der Waals surface area contributed by atoms with Crippen molar-refractivity contribution in [3.8, 4) is 0 Å². The van der Waals surface area contributed by atoms with Gasteiger partial charge in [0.25, 0.3) is 0 Å². The Kier molecular flexibility index (Phi) is 3.30. The van der Waals surface area contributed by atoms with E-state index in [1.54, 1.807) is 0 Å². The fraction of sp³-hybridized carbons (Fsp3) is 0. The quantitative estimate of drug-likeness (QED) is 0.209. The predicted octanol–water partition coefficient (Wildman–Crippen LogP) is 9.21. The molecule has 0 unspecified atom stereocenters. The third kappa shape index (κ3) is 2.13. The van der Waals surface area contributed by atoms with E-state index in [-0.39, 0.29) is 0 Å². The fourth-order valence-electron chi connectivity index (χ4n) is 5.68. The Morgan fingerprint density at radius 2 is 1.18 bits per heavy atom. The zero-order chi connectivity index (χ0) is 21.7. The summed E-state index contributed by atoms with van der Waals surface area (Å²) in [5.41, 5.74) is 5.36. The number of halogens is 1. The summed E-state index contributed by atoms with van der Waals surface area (Å²) in [6.45, 7) is 0. The van der Waals surface area contributed by atoms with Crippen LogP contribution in [-0.2, 0) is 0 Å². The molecule has 0 saturated carbocycles. The van der Waals surface area contributed by atoms with Crippen molar-refractivity contribution in [2.45, 2.75) is 0 Å². The highest BCUT2D eigenvalue weighted by atomic mass is 79.9. The van der Waals surface area contributed by atoms with Gasteiger partial charge in [-0.1, -0.05) is 94.8 Å². The van der Waals surface area contributed by atoms with Gasteiger partial charge in [-0.05, 0) is 39.7 Å². The molecule has 0 aliphatic carbocycles. The topological polar surface area (TPSA) is 17.6 Å². The third-order valence-electron chi connectivity index (χ3n) is 7.00. The molecular formula is C30H16BrNO. The van der Waals surface area contributed by atoms with E-state index in [1.165, 1.54) is 48.7 Å². The Balaban J connectivity index is 1.89. The standard InChI is InChI=1S/C30H16BrNO/c31-24-16-23-28(22-12-4-3-10-19(22)24)32-25-14-6-5-11-20(25)17-8-1-2-9-18(17)21-13-7-15-26-27(21)29(32)30(23)33-26/h1-16H. The number of nitrogens with zero attached hydrogens (tertiary/aromatic N) is 1. The maximum atomic E-state index is 6.61. The number of hydrogen-bond donors (Lipinski definition) is 0. The van der Waals surface area contributed by atoms with Crippen LogP contribution in [0.3, 0.4) is 0 Å². The van der Waals surface area contributed by atoms with Gasteiger partial charge < -0.3 is 8.82 Å². The molecule has 8 rings (SSSR count). The van der Waals surface area contributed by atoms with E-state index in [0.717, 1.165) is 26.5 Å². The molecule has 154 valence electrons. The van der Waals surface area contributed by atoms with Crippen molar-refractivity contribution in [2.75, 3.05) is 0 Å². The SMILES string of the molecule is Brc1cc2c3oc4cccc5c6ccccc6c6ccccc6n(c2c2ccccc12)c3c45. The van der Waals surface area contributed by atoms with Crippen molar-refractivity contribution >= 4 is 86.7 Å². The van der Waals surface area contributed by atoms with Crippen LogP contribution in [0.15, 0.2) is 106 Å². The smallest absolute Gasteiger partial charge is 0.161 e. The Labute approximate surface area is 196 Å². The van der Waals surface area contributed by atoms with Crippen molar-refractivity contribution in [1.82, 2.24) is 4.40 Å². The first-order valence-corrected chi connectivity index (χ1v) is 11.9. The van der Waals surface area contributed by atoms with E-state index < -0.39 is 0 Å². The number of furan rings is 1.